The molecule has 1 aliphatic carbocycles. The minimum atomic E-state index is -0.562. The number of benzene rings is 1. The zero-order valence-corrected chi connectivity index (χ0v) is 12.4. The predicted octanol–water partition coefficient (Wildman–Crippen LogP) is 2.08. The highest BCUT2D eigenvalue weighted by molar-refractivity contribution is 5.95. The van der Waals surface area contributed by atoms with Gasteiger partial charge in [0, 0.05) is 6.04 Å². The minimum Gasteiger partial charge on any atom is -0.507 e. The summed E-state index contributed by atoms with van der Waals surface area (Å²) in [6, 6.07) is 3.96. The maximum absolute atomic E-state index is 11.3. The molecule has 4 heteroatoms. The first-order valence-electron chi connectivity index (χ1n) is 7.45. The molecule has 1 aliphatic rings. The molecule has 20 heavy (non-hydrogen) atoms. The standard InChI is InChI=1S/C16H24N2O2/c1-3-5-18(6-4-2)13-7-11-9-14(16(17)20)15(19)10-12(11)8-13/h9-10,13,19H,3-8H2,1-2H3,(H2,17,20). The topological polar surface area (TPSA) is 66.6 Å². The second-order valence-electron chi connectivity index (χ2n) is 5.60. The Bertz CT molecular complexity index is 493. The molecule has 1 aromatic rings. The van der Waals surface area contributed by atoms with Crippen LogP contribution >= 0.6 is 0 Å². The SMILES string of the molecule is CCCN(CCC)C1Cc2cc(O)c(C(N)=O)cc2C1. The summed E-state index contributed by atoms with van der Waals surface area (Å²) in [6.45, 7) is 6.59. The van der Waals surface area contributed by atoms with E-state index in [2.05, 4.69) is 18.7 Å². The van der Waals surface area contributed by atoms with E-state index in [9.17, 15) is 9.90 Å². The Kier molecular flexibility index (Phi) is 4.65. The molecule has 1 aromatic carbocycles. The van der Waals surface area contributed by atoms with Crippen LogP contribution in [0.15, 0.2) is 12.1 Å². The molecule has 4 nitrogen and oxygen atoms in total. The van der Waals surface area contributed by atoms with Gasteiger partial charge in [-0.15, -0.1) is 0 Å². The summed E-state index contributed by atoms with van der Waals surface area (Å²) in [4.78, 5) is 13.8. The van der Waals surface area contributed by atoms with Gasteiger partial charge in [0.15, 0.2) is 0 Å². The van der Waals surface area contributed by atoms with Crippen molar-refractivity contribution in [3.63, 3.8) is 0 Å². The number of carbonyl (C=O) groups excluding carboxylic acids is 1. The molecule has 0 aliphatic heterocycles. The largest absolute Gasteiger partial charge is 0.507 e. The Balaban J connectivity index is 2.19. The summed E-state index contributed by atoms with van der Waals surface area (Å²) < 4.78 is 0. The Hall–Kier alpha value is -1.55. The summed E-state index contributed by atoms with van der Waals surface area (Å²) in [5.74, 6) is -0.554. The Morgan fingerprint density at radius 3 is 2.30 bits per heavy atom. The number of aromatic hydroxyl groups is 1. The van der Waals surface area contributed by atoms with Crippen molar-refractivity contribution in [2.45, 2.75) is 45.6 Å². The Morgan fingerprint density at radius 2 is 1.80 bits per heavy atom. The molecule has 0 saturated heterocycles. The molecular weight excluding hydrogens is 252 g/mol. The van der Waals surface area contributed by atoms with E-state index in [1.54, 1.807) is 12.1 Å². The fourth-order valence-electron chi connectivity index (χ4n) is 3.14. The normalized spacial score (nSPS) is 17.4. The third-order valence-electron chi connectivity index (χ3n) is 4.03. The summed E-state index contributed by atoms with van der Waals surface area (Å²) in [6.07, 6.45) is 4.17. The molecule has 3 N–H and O–H groups in total. The smallest absolute Gasteiger partial charge is 0.252 e. The van der Waals surface area contributed by atoms with Crippen molar-refractivity contribution < 1.29 is 9.90 Å². The van der Waals surface area contributed by atoms with Crippen LogP contribution in [0.2, 0.25) is 0 Å². The quantitative estimate of drug-likeness (QED) is 0.836. The number of phenols is 1. The number of nitrogens with zero attached hydrogens (tertiary/aromatic N) is 1. The zero-order chi connectivity index (χ0) is 14.7. The van der Waals surface area contributed by atoms with E-state index < -0.39 is 5.91 Å². The number of rotatable bonds is 6. The van der Waals surface area contributed by atoms with E-state index in [4.69, 9.17) is 5.73 Å². The van der Waals surface area contributed by atoms with Gasteiger partial charge in [0.25, 0.3) is 5.91 Å². The third-order valence-corrected chi connectivity index (χ3v) is 4.03. The average Bonchev–Trinajstić information content (AvgIpc) is 2.79. The summed E-state index contributed by atoms with van der Waals surface area (Å²) in [7, 11) is 0. The Labute approximate surface area is 120 Å². The van der Waals surface area contributed by atoms with E-state index in [0.29, 0.717) is 6.04 Å². The third kappa shape index (κ3) is 2.96. The van der Waals surface area contributed by atoms with Crippen LogP contribution in [0.1, 0.15) is 48.2 Å². The van der Waals surface area contributed by atoms with Crippen molar-refractivity contribution in [2.24, 2.45) is 5.73 Å². The molecule has 2 rings (SSSR count). The lowest BCUT2D eigenvalue weighted by atomic mass is 10.0. The van der Waals surface area contributed by atoms with Crippen molar-refractivity contribution in [2.75, 3.05) is 13.1 Å². The van der Waals surface area contributed by atoms with Crippen molar-refractivity contribution >= 4 is 5.91 Å². The molecule has 1 unspecified atom stereocenters. The highest BCUT2D eigenvalue weighted by atomic mass is 16.3. The lowest BCUT2D eigenvalue weighted by Gasteiger charge is -2.27. The minimum absolute atomic E-state index is 0.00873. The van der Waals surface area contributed by atoms with Crippen molar-refractivity contribution in [1.82, 2.24) is 4.90 Å². The molecule has 110 valence electrons. The summed E-state index contributed by atoms with van der Waals surface area (Å²) in [5.41, 5.74) is 7.83. The number of hydrogen-bond acceptors (Lipinski definition) is 3. The number of carbonyl (C=O) groups is 1. The van der Waals surface area contributed by atoms with Crippen molar-refractivity contribution in [1.29, 1.82) is 0 Å². The first kappa shape index (κ1) is 14.9. The molecule has 0 heterocycles. The van der Waals surface area contributed by atoms with Crippen LogP contribution in [0, 0.1) is 0 Å². The van der Waals surface area contributed by atoms with E-state index in [1.807, 2.05) is 0 Å². The van der Waals surface area contributed by atoms with Crippen LogP contribution in [-0.2, 0) is 12.8 Å². The monoisotopic (exact) mass is 276 g/mol. The average molecular weight is 276 g/mol. The number of primary amides is 1. The van der Waals surface area contributed by atoms with Gasteiger partial charge in [-0.1, -0.05) is 13.8 Å². The second kappa shape index (κ2) is 6.27. The zero-order valence-electron chi connectivity index (χ0n) is 12.4. The maximum Gasteiger partial charge on any atom is 0.252 e. The highest BCUT2D eigenvalue weighted by Crippen LogP contribution is 2.31. The summed E-state index contributed by atoms with van der Waals surface area (Å²) >= 11 is 0. The van der Waals surface area contributed by atoms with Crippen LogP contribution in [0.25, 0.3) is 0 Å². The molecule has 0 spiro atoms. The van der Waals surface area contributed by atoms with Gasteiger partial charge < -0.3 is 10.8 Å². The van der Waals surface area contributed by atoms with Crippen LogP contribution < -0.4 is 5.73 Å². The van der Waals surface area contributed by atoms with Gasteiger partial charge in [-0.05, 0) is 62.0 Å². The second-order valence-corrected chi connectivity index (χ2v) is 5.60. The number of fused-ring (bicyclic) bond motifs is 1. The Morgan fingerprint density at radius 1 is 1.25 bits per heavy atom. The van der Waals surface area contributed by atoms with E-state index in [1.165, 1.54) is 0 Å². The van der Waals surface area contributed by atoms with Gasteiger partial charge in [0.2, 0.25) is 0 Å². The molecule has 0 aromatic heterocycles. The predicted molar refractivity (Wildman–Crippen MR) is 80.0 cm³/mol. The van der Waals surface area contributed by atoms with Gasteiger partial charge in [0.1, 0.15) is 5.75 Å². The van der Waals surface area contributed by atoms with E-state index >= 15 is 0 Å². The first-order valence-corrected chi connectivity index (χ1v) is 7.45. The lowest BCUT2D eigenvalue weighted by molar-refractivity contribution is 0.0997. The van der Waals surface area contributed by atoms with Gasteiger partial charge in [-0.3, -0.25) is 9.69 Å². The van der Waals surface area contributed by atoms with Crippen LogP contribution in [0.5, 0.6) is 5.75 Å². The van der Waals surface area contributed by atoms with E-state index in [-0.39, 0.29) is 11.3 Å². The molecule has 1 amide bonds. The van der Waals surface area contributed by atoms with Crippen LogP contribution in [0.3, 0.4) is 0 Å². The van der Waals surface area contributed by atoms with Crippen LogP contribution in [0.4, 0.5) is 0 Å². The van der Waals surface area contributed by atoms with Crippen LogP contribution in [-0.4, -0.2) is 35.0 Å². The first-order chi connectivity index (χ1) is 9.56. The van der Waals surface area contributed by atoms with Gasteiger partial charge in [-0.2, -0.15) is 0 Å². The number of hydrogen-bond donors (Lipinski definition) is 2. The van der Waals surface area contributed by atoms with Gasteiger partial charge in [0.05, 0.1) is 5.56 Å². The molecule has 0 saturated carbocycles. The summed E-state index contributed by atoms with van der Waals surface area (Å²) in [5, 5.41) is 9.86. The van der Waals surface area contributed by atoms with E-state index in [0.717, 1.165) is 49.9 Å². The highest BCUT2D eigenvalue weighted by Gasteiger charge is 2.27. The molecule has 0 bridgehead atoms. The van der Waals surface area contributed by atoms with Gasteiger partial charge >= 0.3 is 0 Å². The number of nitrogens with two attached hydrogens (primary N) is 1. The maximum atomic E-state index is 11.3. The number of amides is 1. The van der Waals surface area contributed by atoms with Gasteiger partial charge in [-0.25, -0.2) is 0 Å². The fourth-order valence-corrected chi connectivity index (χ4v) is 3.14. The molecule has 0 fully saturated rings. The lowest BCUT2D eigenvalue weighted by Crippen LogP contribution is -2.37. The van der Waals surface area contributed by atoms with Crippen molar-refractivity contribution in [3.8, 4) is 5.75 Å². The van der Waals surface area contributed by atoms with Crippen molar-refractivity contribution in [3.05, 3.63) is 28.8 Å². The molecular formula is C16H24N2O2. The molecule has 0 radical (unpaired) electrons. The molecule has 1 atom stereocenters. The fraction of sp³-hybridized carbons (Fsp3) is 0.562.